The highest BCUT2D eigenvalue weighted by atomic mass is 35.5. The second-order valence-corrected chi connectivity index (χ2v) is 6.75. The zero-order valence-electron chi connectivity index (χ0n) is 16.3. The average molecular weight is 407 g/mol. The van der Waals surface area contributed by atoms with E-state index >= 15 is 0 Å². The minimum absolute atomic E-state index is 0. The molecule has 7 heteroatoms. The predicted molar refractivity (Wildman–Crippen MR) is 110 cm³/mol. The molecule has 1 saturated heterocycles. The Kier molecular flexibility index (Phi) is 6.88. The first-order chi connectivity index (χ1) is 13.3. The van der Waals surface area contributed by atoms with Gasteiger partial charge >= 0.3 is 0 Å². The molecule has 2 aliphatic rings. The quantitative estimate of drug-likeness (QED) is 0.823. The molecule has 0 aromatic heterocycles. The third-order valence-corrected chi connectivity index (χ3v) is 5.13. The van der Waals surface area contributed by atoms with E-state index in [4.69, 9.17) is 18.9 Å². The van der Waals surface area contributed by atoms with E-state index in [0.29, 0.717) is 19.0 Å². The van der Waals surface area contributed by atoms with E-state index in [1.807, 2.05) is 12.1 Å². The third-order valence-electron chi connectivity index (χ3n) is 5.13. The molecule has 0 bridgehead atoms. The number of para-hydroxylation sites is 1. The van der Waals surface area contributed by atoms with Crippen LogP contribution in [0.1, 0.15) is 17.2 Å². The van der Waals surface area contributed by atoms with Crippen molar-refractivity contribution in [1.29, 1.82) is 0 Å². The van der Waals surface area contributed by atoms with Crippen LogP contribution in [0.5, 0.6) is 23.0 Å². The van der Waals surface area contributed by atoms with E-state index in [1.54, 1.807) is 14.2 Å². The summed E-state index contributed by atoms with van der Waals surface area (Å²) in [5, 5.41) is 3.51. The fourth-order valence-electron chi connectivity index (χ4n) is 3.84. The molecule has 0 amide bonds. The highest BCUT2D eigenvalue weighted by molar-refractivity contribution is 5.85. The molecule has 2 aromatic carbocycles. The van der Waals surface area contributed by atoms with Crippen molar-refractivity contribution < 1.29 is 18.9 Å². The highest BCUT2D eigenvalue weighted by Gasteiger charge is 2.27. The number of ether oxygens (including phenoxy) is 4. The molecule has 2 heterocycles. The lowest BCUT2D eigenvalue weighted by atomic mass is 10.0. The molecule has 28 heavy (non-hydrogen) atoms. The van der Waals surface area contributed by atoms with E-state index in [0.717, 1.165) is 49.0 Å². The molecule has 4 rings (SSSR count). The zero-order chi connectivity index (χ0) is 18.6. The summed E-state index contributed by atoms with van der Waals surface area (Å²) in [7, 11) is 3.39. The van der Waals surface area contributed by atoms with Gasteiger partial charge < -0.3 is 24.3 Å². The molecule has 2 aromatic rings. The molecular formula is C21H27ClN2O4. The Hall–Kier alpha value is -2.15. The molecule has 6 nitrogen and oxygen atoms in total. The average Bonchev–Trinajstić information content (AvgIpc) is 2.73. The van der Waals surface area contributed by atoms with Crippen molar-refractivity contribution in [2.75, 3.05) is 47.1 Å². The third kappa shape index (κ3) is 4.14. The van der Waals surface area contributed by atoms with Gasteiger partial charge in [-0.1, -0.05) is 18.2 Å². The van der Waals surface area contributed by atoms with E-state index in [-0.39, 0.29) is 18.4 Å². The van der Waals surface area contributed by atoms with Crippen LogP contribution in [0.25, 0.3) is 0 Å². The van der Waals surface area contributed by atoms with Crippen molar-refractivity contribution in [3.8, 4) is 23.0 Å². The van der Waals surface area contributed by atoms with Gasteiger partial charge in [-0.3, -0.25) is 4.90 Å². The van der Waals surface area contributed by atoms with Gasteiger partial charge in [0.25, 0.3) is 0 Å². The Bertz CT molecular complexity index is 785. The Balaban J connectivity index is 0.00000225. The molecule has 0 radical (unpaired) electrons. The molecule has 1 atom stereocenters. The summed E-state index contributed by atoms with van der Waals surface area (Å²) in [6.45, 7) is 4.74. The largest absolute Gasteiger partial charge is 0.496 e. The molecule has 152 valence electrons. The van der Waals surface area contributed by atoms with Crippen LogP contribution in [0.2, 0.25) is 0 Å². The van der Waals surface area contributed by atoms with Crippen molar-refractivity contribution in [1.82, 2.24) is 10.2 Å². The van der Waals surface area contributed by atoms with Crippen molar-refractivity contribution in [3.63, 3.8) is 0 Å². The molecule has 1 unspecified atom stereocenters. The molecule has 0 aliphatic carbocycles. The number of methoxy groups -OCH3 is 2. The van der Waals surface area contributed by atoms with E-state index in [2.05, 4.69) is 34.5 Å². The van der Waals surface area contributed by atoms with Crippen molar-refractivity contribution in [2.45, 2.75) is 12.6 Å². The Morgan fingerprint density at radius 1 is 1.07 bits per heavy atom. The fourth-order valence-corrected chi connectivity index (χ4v) is 3.84. The lowest BCUT2D eigenvalue weighted by Gasteiger charge is -2.37. The first-order valence-corrected chi connectivity index (χ1v) is 9.34. The Morgan fingerprint density at radius 3 is 2.68 bits per heavy atom. The van der Waals surface area contributed by atoms with Crippen LogP contribution in [0.15, 0.2) is 36.4 Å². The number of fused-ring (bicyclic) bond motifs is 1. The number of nitrogens with one attached hydrogen (secondary N) is 1. The van der Waals surface area contributed by atoms with E-state index < -0.39 is 0 Å². The van der Waals surface area contributed by atoms with Crippen molar-refractivity contribution >= 4 is 12.4 Å². The van der Waals surface area contributed by atoms with Gasteiger partial charge in [0.1, 0.15) is 19.0 Å². The minimum atomic E-state index is 0. The zero-order valence-corrected chi connectivity index (χ0v) is 17.1. The topological polar surface area (TPSA) is 52.2 Å². The second kappa shape index (κ2) is 9.37. The standard InChI is InChI=1S/C21H26N2O4.ClH/c1-24-18-6-4-3-5-16(18)17-13-22-7-8-23(17)14-15-11-19(25-2)21-20(12-15)26-9-10-27-21;/h3-6,11-12,17,22H,7-10,13-14H2,1-2H3;1H. The molecule has 1 fully saturated rings. The summed E-state index contributed by atoms with van der Waals surface area (Å²) < 4.78 is 22.6. The highest BCUT2D eigenvalue weighted by Crippen LogP contribution is 2.41. The maximum atomic E-state index is 5.79. The summed E-state index contributed by atoms with van der Waals surface area (Å²) in [6, 6.07) is 12.6. The van der Waals surface area contributed by atoms with Crippen LogP contribution in [0.4, 0.5) is 0 Å². The smallest absolute Gasteiger partial charge is 0.203 e. The number of piperazine rings is 1. The molecule has 0 saturated carbocycles. The lowest BCUT2D eigenvalue weighted by Crippen LogP contribution is -2.45. The first-order valence-electron chi connectivity index (χ1n) is 9.34. The number of halogens is 1. The van der Waals surface area contributed by atoms with Crippen molar-refractivity contribution in [2.24, 2.45) is 0 Å². The number of benzene rings is 2. The lowest BCUT2D eigenvalue weighted by molar-refractivity contribution is 0.148. The van der Waals surface area contributed by atoms with Gasteiger partial charge in [0, 0.05) is 31.7 Å². The summed E-state index contributed by atoms with van der Waals surface area (Å²) in [5.41, 5.74) is 2.36. The molecule has 2 aliphatic heterocycles. The summed E-state index contributed by atoms with van der Waals surface area (Å²) in [5.74, 6) is 3.12. The number of hydrogen-bond donors (Lipinski definition) is 1. The Labute approximate surface area is 172 Å². The van der Waals surface area contributed by atoms with Gasteiger partial charge in [0.2, 0.25) is 5.75 Å². The predicted octanol–water partition coefficient (Wildman–Crippen LogP) is 3.04. The maximum Gasteiger partial charge on any atom is 0.203 e. The molecule has 0 spiro atoms. The normalized spacial score (nSPS) is 18.9. The summed E-state index contributed by atoms with van der Waals surface area (Å²) in [6.07, 6.45) is 0. The van der Waals surface area contributed by atoms with Gasteiger partial charge in [0.15, 0.2) is 11.5 Å². The van der Waals surface area contributed by atoms with Crippen LogP contribution in [-0.4, -0.2) is 52.0 Å². The Morgan fingerprint density at radius 2 is 1.86 bits per heavy atom. The van der Waals surface area contributed by atoms with Gasteiger partial charge in [-0.2, -0.15) is 0 Å². The van der Waals surface area contributed by atoms with E-state index in [9.17, 15) is 0 Å². The van der Waals surface area contributed by atoms with Gasteiger partial charge in [-0.25, -0.2) is 0 Å². The first kappa shape index (κ1) is 20.6. The van der Waals surface area contributed by atoms with Gasteiger partial charge in [0.05, 0.1) is 20.3 Å². The second-order valence-electron chi connectivity index (χ2n) is 6.75. The SMILES string of the molecule is COc1ccccc1C1CNCCN1Cc1cc(OC)c2c(c1)OCCO2.Cl. The number of hydrogen-bond acceptors (Lipinski definition) is 6. The summed E-state index contributed by atoms with van der Waals surface area (Å²) >= 11 is 0. The maximum absolute atomic E-state index is 5.79. The fraction of sp³-hybridized carbons (Fsp3) is 0.429. The van der Waals surface area contributed by atoms with Gasteiger partial charge in [-0.05, 0) is 23.8 Å². The van der Waals surface area contributed by atoms with E-state index in [1.165, 1.54) is 5.56 Å². The van der Waals surface area contributed by atoms with Crippen LogP contribution < -0.4 is 24.3 Å². The summed E-state index contributed by atoms with van der Waals surface area (Å²) in [4.78, 5) is 2.47. The molecule has 1 N–H and O–H groups in total. The van der Waals surface area contributed by atoms with Crippen LogP contribution in [0, 0.1) is 0 Å². The number of nitrogens with zero attached hydrogens (tertiary/aromatic N) is 1. The van der Waals surface area contributed by atoms with Crippen LogP contribution >= 0.6 is 12.4 Å². The minimum Gasteiger partial charge on any atom is -0.496 e. The van der Waals surface area contributed by atoms with Crippen LogP contribution in [0.3, 0.4) is 0 Å². The molecular weight excluding hydrogens is 380 g/mol. The van der Waals surface area contributed by atoms with Crippen LogP contribution in [-0.2, 0) is 6.54 Å². The monoisotopic (exact) mass is 406 g/mol. The number of rotatable bonds is 5. The van der Waals surface area contributed by atoms with Crippen molar-refractivity contribution in [3.05, 3.63) is 47.5 Å². The van der Waals surface area contributed by atoms with Gasteiger partial charge in [-0.15, -0.1) is 12.4 Å².